The molecule has 0 aromatic rings. The smallest absolute Gasteiger partial charge is 0.508 e. The fourth-order valence-corrected chi connectivity index (χ4v) is 1.26. The predicted molar refractivity (Wildman–Crippen MR) is 87.8 cm³/mol. The van der Waals surface area contributed by atoms with Crippen molar-refractivity contribution in [2.24, 2.45) is 0 Å². The topological polar surface area (TPSA) is 64.6 Å². The van der Waals surface area contributed by atoms with Gasteiger partial charge < -0.3 is 32.9 Å². The van der Waals surface area contributed by atoms with Crippen LogP contribution in [0.25, 0.3) is 0 Å². The molecule has 0 aliphatic heterocycles. The summed E-state index contributed by atoms with van der Waals surface area (Å²) in [5, 5.41) is 0. The number of hydrogen-bond donors (Lipinski definition) is 0. The third-order valence-electron chi connectivity index (χ3n) is 2.32. The molecule has 0 saturated heterocycles. The van der Waals surface area contributed by atoms with E-state index in [0.717, 1.165) is 0 Å². The highest BCUT2D eigenvalue weighted by Gasteiger charge is 2.22. The van der Waals surface area contributed by atoms with Crippen LogP contribution in [0.4, 0.5) is 0 Å². The molecule has 8 heteroatoms. The summed E-state index contributed by atoms with van der Waals surface area (Å²) in [4.78, 5) is 0. The van der Waals surface area contributed by atoms with Crippen LogP contribution in [0.2, 0.25) is 0 Å². The summed E-state index contributed by atoms with van der Waals surface area (Å²) in [6.45, 7) is 8.07. The van der Waals surface area contributed by atoms with Crippen molar-refractivity contribution in [3.05, 3.63) is 24.7 Å². The van der Waals surface area contributed by atoms with Crippen LogP contribution in [-0.2, 0) is 32.9 Å². The molecule has 0 N–H and O–H groups in total. The van der Waals surface area contributed by atoms with Crippen molar-refractivity contribution >= 4 is 7.32 Å². The highest BCUT2D eigenvalue weighted by molar-refractivity contribution is 6.36. The number of rotatable bonds is 17. The molecular formula is C15H29BO7. The van der Waals surface area contributed by atoms with Gasteiger partial charge in [0, 0.05) is 20.3 Å². The molecule has 134 valence electrons. The van der Waals surface area contributed by atoms with Crippen LogP contribution in [0.3, 0.4) is 0 Å². The van der Waals surface area contributed by atoms with Gasteiger partial charge in [-0.3, -0.25) is 0 Å². The second kappa shape index (κ2) is 19.0. The Kier molecular flexibility index (Phi) is 18.1. The monoisotopic (exact) mass is 332 g/mol. The van der Waals surface area contributed by atoms with E-state index in [1.807, 2.05) is 13.8 Å². The predicted octanol–water partition coefficient (Wildman–Crippen LogP) is 1.78. The molecule has 23 heavy (non-hydrogen) atoms. The SMILES string of the molecule is CCOC/C=C/OB(O/C=C\COCCOCC)OCCOC. The van der Waals surface area contributed by atoms with E-state index in [9.17, 15) is 0 Å². The molecule has 0 aliphatic carbocycles. The lowest BCUT2D eigenvalue weighted by atomic mass is 10.2. The van der Waals surface area contributed by atoms with Crippen LogP contribution in [0.15, 0.2) is 24.7 Å². The largest absolute Gasteiger partial charge is 0.787 e. The molecule has 0 heterocycles. The molecule has 0 bridgehead atoms. The maximum Gasteiger partial charge on any atom is 0.787 e. The Balaban J connectivity index is 3.87. The molecule has 0 aromatic heterocycles. The van der Waals surface area contributed by atoms with Crippen LogP contribution in [0, 0.1) is 0 Å². The summed E-state index contributed by atoms with van der Waals surface area (Å²) in [5.41, 5.74) is 0. The number of methoxy groups -OCH3 is 1. The Morgan fingerprint density at radius 1 is 0.739 bits per heavy atom. The summed E-state index contributed by atoms with van der Waals surface area (Å²) in [7, 11) is 0.754. The standard InChI is InChI=1S/C15H29BO7/c1-4-18-8-6-10-21-16(23-15-12-17-3)22-11-7-9-20-14-13-19-5-2/h6-7,10-11H,4-5,8-9,12-15H2,1-3H3/b10-6+,11-7-. The average Bonchev–Trinajstić information content (AvgIpc) is 2.56. The second-order valence-electron chi connectivity index (χ2n) is 4.10. The summed E-state index contributed by atoms with van der Waals surface area (Å²) >= 11 is 0. The fraction of sp³-hybridized carbons (Fsp3) is 0.733. The first-order valence-electron chi connectivity index (χ1n) is 7.79. The molecule has 0 spiro atoms. The van der Waals surface area contributed by atoms with E-state index in [-0.39, 0.29) is 0 Å². The lowest BCUT2D eigenvalue weighted by Gasteiger charge is -2.10. The van der Waals surface area contributed by atoms with Gasteiger partial charge in [-0.05, 0) is 26.0 Å². The lowest BCUT2D eigenvalue weighted by Crippen LogP contribution is -2.25. The van der Waals surface area contributed by atoms with E-state index in [0.29, 0.717) is 52.9 Å². The molecule has 0 saturated carbocycles. The Bertz CT molecular complexity index is 287. The molecule has 0 fully saturated rings. The second-order valence-corrected chi connectivity index (χ2v) is 4.10. The maximum atomic E-state index is 5.38. The summed E-state index contributed by atoms with van der Waals surface area (Å²) in [5.74, 6) is 0. The van der Waals surface area contributed by atoms with E-state index < -0.39 is 7.32 Å². The van der Waals surface area contributed by atoms with Crippen LogP contribution in [0.1, 0.15) is 13.8 Å². The van der Waals surface area contributed by atoms with Gasteiger partial charge in [-0.15, -0.1) is 0 Å². The number of ether oxygens (including phenoxy) is 4. The zero-order valence-corrected chi connectivity index (χ0v) is 14.4. The zero-order chi connectivity index (χ0) is 17.0. The van der Waals surface area contributed by atoms with Crippen molar-refractivity contribution in [1.82, 2.24) is 0 Å². The van der Waals surface area contributed by atoms with Gasteiger partial charge in [0.1, 0.15) is 0 Å². The summed E-state index contributed by atoms with van der Waals surface area (Å²) in [6.07, 6.45) is 6.43. The van der Waals surface area contributed by atoms with E-state index >= 15 is 0 Å². The van der Waals surface area contributed by atoms with Gasteiger partial charge in [-0.25, -0.2) is 0 Å². The van der Waals surface area contributed by atoms with E-state index in [2.05, 4.69) is 0 Å². The molecule has 0 aliphatic rings. The highest BCUT2D eigenvalue weighted by atomic mass is 16.7. The Morgan fingerprint density at radius 3 is 1.96 bits per heavy atom. The van der Waals surface area contributed by atoms with Gasteiger partial charge in [0.2, 0.25) is 0 Å². The third kappa shape index (κ3) is 17.1. The van der Waals surface area contributed by atoms with Gasteiger partial charge in [-0.2, -0.15) is 0 Å². The summed E-state index contributed by atoms with van der Waals surface area (Å²) in [6, 6.07) is 0. The van der Waals surface area contributed by atoms with Gasteiger partial charge in [0.05, 0.1) is 52.2 Å². The van der Waals surface area contributed by atoms with Crippen molar-refractivity contribution in [3.63, 3.8) is 0 Å². The maximum absolute atomic E-state index is 5.38. The van der Waals surface area contributed by atoms with Crippen LogP contribution >= 0.6 is 0 Å². The first kappa shape index (κ1) is 21.9. The molecule has 0 amide bonds. The Morgan fingerprint density at radius 2 is 1.35 bits per heavy atom. The molecule has 0 unspecified atom stereocenters. The highest BCUT2D eigenvalue weighted by Crippen LogP contribution is 1.96. The normalized spacial score (nSPS) is 11.4. The lowest BCUT2D eigenvalue weighted by molar-refractivity contribution is 0.0636. The van der Waals surface area contributed by atoms with Crippen LogP contribution in [-0.4, -0.2) is 67.3 Å². The van der Waals surface area contributed by atoms with Crippen molar-refractivity contribution in [2.75, 3.05) is 60.0 Å². The molecule has 0 rings (SSSR count). The van der Waals surface area contributed by atoms with Crippen LogP contribution < -0.4 is 0 Å². The van der Waals surface area contributed by atoms with Crippen molar-refractivity contribution < 1.29 is 32.9 Å². The first-order valence-corrected chi connectivity index (χ1v) is 7.79. The Hall–Kier alpha value is -1.06. The van der Waals surface area contributed by atoms with Gasteiger partial charge >= 0.3 is 7.32 Å². The van der Waals surface area contributed by atoms with Gasteiger partial charge in [0.15, 0.2) is 0 Å². The molecule has 7 nitrogen and oxygen atoms in total. The van der Waals surface area contributed by atoms with E-state index in [1.165, 1.54) is 12.5 Å². The minimum Gasteiger partial charge on any atom is -0.508 e. The quantitative estimate of drug-likeness (QED) is 0.229. The molecule has 0 radical (unpaired) electrons. The van der Waals surface area contributed by atoms with E-state index in [1.54, 1.807) is 19.3 Å². The minimum atomic E-state index is -0.845. The minimum absolute atomic E-state index is 0.360. The van der Waals surface area contributed by atoms with Gasteiger partial charge in [-0.1, -0.05) is 0 Å². The average molecular weight is 332 g/mol. The first-order chi connectivity index (χ1) is 11.3. The van der Waals surface area contributed by atoms with Crippen molar-refractivity contribution in [1.29, 1.82) is 0 Å². The molecule has 0 atom stereocenters. The van der Waals surface area contributed by atoms with Crippen molar-refractivity contribution in [3.8, 4) is 0 Å². The zero-order valence-electron chi connectivity index (χ0n) is 14.4. The molecular weight excluding hydrogens is 303 g/mol. The van der Waals surface area contributed by atoms with E-state index in [4.69, 9.17) is 32.9 Å². The fourth-order valence-electron chi connectivity index (χ4n) is 1.26. The van der Waals surface area contributed by atoms with Crippen LogP contribution in [0.5, 0.6) is 0 Å². The Labute approximate surface area is 139 Å². The number of hydrogen-bond acceptors (Lipinski definition) is 7. The molecule has 0 aromatic carbocycles. The van der Waals surface area contributed by atoms with Crippen molar-refractivity contribution in [2.45, 2.75) is 13.8 Å². The third-order valence-corrected chi connectivity index (χ3v) is 2.32. The summed E-state index contributed by atoms with van der Waals surface area (Å²) < 4.78 is 36.6. The van der Waals surface area contributed by atoms with Gasteiger partial charge in [0.25, 0.3) is 0 Å².